The van der Waals surface area contributed by atoms with Crippen LogP contribution in [0.5, 0.6) is 0 Å². The third kappa shape index (κ3) is 1.93. The van der Waals surface area contributed by atoms with Gasteiger partial charge < -0.3 is 4.90 Å². The minimum Gasteiger partial charge on any atom is -0.302 e. The highest BCUT2D eigenvalue weighted by molar-refractivity contribution is 9.10. The van der Waals surface area contributed by atoms with Crippen molar-refractivity contribution in [3.8, 4) is 0 Å². The maximum Gasteiger partial charge on any atom is 0.165 e. The van der Waals surface area contributed by atoms with Crippen LogP contribution in [0.1, 0.15) is 5.82 Å². The number of halogens is 1. The molecule has 0 spiro atoms. The minimum absolute atomic E-state index is 0.763. The van der Waals surface area contributed by atoms with Crippen molar-refractivity contribution in [2.24, 2.45) is 0 Å². The zero-order valence-corrected chi connectivity index (χ0v) is 9.69. The van der Waals surface area contributed by atoms with Crippen molar-refractivity contribution in [2.45, 2.75) is 6.54 Å². The number of fused-ring (bicyclic) bond motifs is 1. The topological polar surface area (TPSA) is 33.4 Å². The molecule has 5 heteroatoms. The van der Waals surface area contributed by atoms with E-state index in [0.29, 0.717) is 0 Å². The Hall–Kier alpha value is -0.940. The standard InChI is InChI=1S/C9H11BrN4/c1-13(2)6-8-11-9-5-7(10)3-4-14(9)12-8/h3-5H,6H2,1-2H3. The van der Waals surface area contributed by atoms with Crippen LogP contribution in [-0.2, 0) is 6.54 Å². The van der Waals surface area contributed by atoms with Crippen LogP contribution in [0, 0.1) is 0 Å². The third-order valence-corrected chi connectivity index (χ3v) is 2.29. The molecule has 2 aromatic heterocycles. The Balaban J connectivity index is 2.41. The van der Waals surface area contributed by atoms with Crippen molar-refractivity contribution in [3.05, 3.63) is 28.6 Å². The van der Waals surface area contributed by atoms with Crippen molar-refractivity contribution < 1.29 is 0 Å². The average Bonchev–Trinajstić information content (AvgIpc) is 2.44. The normalized spacial score (nSPS) is 11.4. The van der Waals surface area contributed by atoms with Gasteiger partial charge in [0.1, 0.15) is 0 Å². The molecule has 0 radical (unpaired) electrons. The first kappa shape index (κ1) is 9.61. The predicted molar refractivity (Wildman–Crippen MR) is 58.1 cm³/mol. The van der Waals surface area contributed by atoms with E-state index in [0.717, 1.165) is 22.5 Å². The highest BCUT2D eigenvalue weighted by atomic mass is 79.9. The lowest BCUT2D eigenvalue weighted by atomic mass is 10.5. The van der Waals surface area contributed by atoms with E-state index >= 15 is 0 Å². The highest BCUT2D eigenvalue weighted by Gasteiger charge is 2.04. The average molecular weight is 255 g/mol. The molecule has 4 nitrogen and oxygen atoms in total. The maximum absolute atomic E-state index is 4.39. The number of nitrogens with zero attached hydrogens (tertiary/aromatic N) is 4. The molecule has 14 heavy (non-hydrogen) atoms. The molecule has 0 aliphatic rings. The first-order valence-corrected chi connectivity index (χ1v) is 5.10. The Morgan fingerprint density at radius 2 is 2.29 bits per heavy atom. The molecule has 0 saturated carbocycles. The van der Waals surface area contributed by atoms with Gasteiger partial charge in [0.25, 0.3) is 0 Å². The van der Waals surface area contributed by atoms with Gasteiger partial charge in [-0.3, -0.25) is 0 Å². The third-order valence-electron chi connectivity index (χ3n) is 1.80. The van der Waals surface area contributed by atoms with Gasteiger partial charge in [-0.1, -0.05) is 15.9 Å². The lowest BCUT2D eigenvalue weighted by Gasteiger charge is -2.03. The van der Waals surface area contributed by atoms with Gasteiger partial charge in [0.05, 0.1) is 6.54 Å². The summed E-state index contributed by atoms with van der Waals surface area (Å²) in [6.07, 6.45) is 1.89. The molecule has 2 aromatic rings. The summed E-state index contributed by atoms with van der Waals surface area (Å²) in [6.45, 7) is 0.763. The molecule has 0 amide bonds. The summed E-state index contributed by atoms with van der Waals surface area (Å²) >= 11 is 3.40. The second-order valence-corrected chi connectivity index (χ2v) is 4.33. The Morgan fingerprint density at radius 3 is 3.00 bits per heavy atom. The van der Waals surface area contributed by atoms with Crippen molar-refractivity contribution in [2.75, 3.05) is 14.1 Å². The van der Waals surface area contributed by atoms with E-state index in [1.807, 2.05) is 37.3 Å². The fourth-order valence-corrected chi connectivity index (χ4v) is 1.58. The molecule has 0 aliphatic heterocycles. The Kier molecular flexibility index (Phi) is 2.52. The lowest BCUT2D eigenvalue weighted by molar-refractivity contribution is 0.390. The zero-order chi connectivity index (χ0) is 10.1. The van der Waals surface area contributed by atoms with Gasteiger partial charge in [-0.15, -0.1) is 5.10 Å². The molecule has 74 valence electrons. The van der Waals surface area contributed by atoms with Gasteiger partial charge in [-0.05, 0) is 26.2 Å². The summed E-state index contributed by atoms with van der Waals surface area (Å²) in [5.74, 6) is 0.841. The summed E-state index contributed by atoms with van der Waals surface area (Å²) in [7, 11) is 4.00. The second kappa shape index (κ2) is 3.67. The van der Waals surface area contributed by atoms with Gasteiger partial charge in [-0.25, -0.2) is 9.50 Å². The van der Waals surface area contributed by atoms with Crippen LogP contribution >= 0.6 is 15.9 Å². The van der Waals surface area contributed by atoms with Gasteiger partial charge in [0, 0.05) is 10.7 Å². The van der Waals surface area contributed by atoms with Gasteiger partial charge in [0.2, 0.25) is 0 Å². The van der Waals surface area contributed by atoms with Gasteiger partial charge in [0.15, 0.2) is 11.5 Å². The van der Waals surface area contributed by atoms with E-state index in [1.165, 1.54) is 0 Å². The number of hydrogen-bond donors (Lipinski definition) is 0. The maximum atomic E-state index is 4.39. The fourth-order valence-electron chi connectivity index (χ4n) is 1.25. The molecule has 0 fully saturated rings. The molecule has 0 atom stereocenters. The SMILES string of the molecule is CN(C)Cc1nc2cc(Br)ccn2n1. The largest absolute Gasteiger partial charge is 0.302 e. The molecule has 0 N–H and O–H groups in total. The van der Waals surface area contributed by atoms with E-state index in [1.54, 1.807) is 4.52 Å². The smallest absolute Gasteiger partial charge is 0.165 e. The summed E-state index contributed by atoms with van der Waals surface area (Å²) in [6, 6.07) is 3.90. The molecule has 2 heterocycles. The van der Waals surface area contributed by atoms with E-state index in [-0.39, 0.29) is 0 Å². The molecule has 0 bridgehead atoms. The Bertz CT molecular complexity index is 449. The molecule has 0 aromatic carbocycles. The van der Waals surface area contributed by atoms with Crippen LogP contribution < -0.4 is 0 Å². The van der Waals surface area contributed by atoms with Crippen molar-refractivity contribution in [1.29, 1.82) is 0 Å². The number of rotatable bonds is 2. The van der Waals surface area contributed by atoms with Crippen molar-refractivity contribution >= 4 is 21.6 Å². The van der Waals surface area contributed by atoms with Crippen molar-refractivity contribution in [1.82, 2.24) is 19.5 Å². The van der Waals surface area contributed by atoms with Gasteiger partial charge in [-0.2, -0.15) is 0 Å². The van der Waals surface area contributed by atoms with Crippen LogP contribution in [0.3, 0.4) is 0 Å². The Morgan fingerprint density at radius 1 is 1.50 bits per heavy atom. The fraction of sp³-hybridized carbons (Fsp3) is 0.333. The molecule has 2 rings (SSSR count). The molecular weight excluding hydrogens is 244 g/mol. The van der Waals surface area contributed by atoms with Crippen LogP contribution in [0.25, 0.3) is 5.65 Å². The van der Waals surface area contributed by atoms with Crippen LogP contribution in [0.15, 0.2) is 22.8 Å². The summed E-state index contributed by atoms with van der Waals surface area (Å²) in [4.78, 5) is 6.44. The molecule has 0 aliphatic carbocycles. The summed E-state index contributed by atoms with van der Waals surface area (Å²) in [5.41, 5.74) is 0.872. The number of pyridine rings is 1. The summed E-state index contributed by atoms with van der Waals surface area (Å²) in [5, 5.41) is 4.34. The molecule has 0 saturated heterocycles. The van der Waals surface area contributed by atoms with E-state index in [4.69, 9.17) is 0 Å². The second-order valence-electron chi connectivity index (χ2n) is 3.41. The number of hydrogen-bond acceptors (Lipinski definition) is 3. The zero-order valence-electron chi connectivity index (χ0n) is 8.11. The Labute approximate surface area is 90.7 Å². The van der Waals surface area contributed by atoms with Crippen LogP contribution in [0.4, 0.5) is 0 Å². The quantitative estimate of drug-likeness (QED) is 0.816. The van der Waals surface area contributed by atoms with E-state index in [9.17, 15) is 0 Å². The number of aromatic nitrogens is 3. The molecular formula is C9H11BrN4. The van der Waals surface area contributed by atoms with E-state index < -0.39 is 0 Å². The lowest BCUT2D eigenvalue weighted by Crippen LogP contribution is -2.11. The van der Waals surface area contributed by atoms with Crippen molar-refractivity contribution in [3.63, 3.8) is 0 Å². The monoisotopic (exact) mass is 254 g/mol. The first-order valence-electron chi connectivity index (χ1n) is 4.31. The summed E-state index contributed by atoms with van der Waals surface area (Å²) < 4.78 is 2.80. The first-order chi connectivity index (χ1) is 6.65. The van der Waals surface area contributed by atoms with Crippen LogP contribution in [-0.4, -0.2) is 33.6 Å². The molecule has 0 unspecified atom stereocenters. The van der Waals surface area contributed by atoms with Crippen LogP contribution in [0.2, 0.25) is 0 Å². The highest BCUT2D eigenvalue weighted by Crippen LogP contribution is 2.11. The predicted octanol–water partition coefficient (Wildman–Crippen LogP) is 1.55. The van der Waals surface area contributed by atoms with E-state index in [2.05, 4.69) is 26.0 Å². The minimum atomic E-state index is 0.763. The van der Waals surface area contributed by atoms with Gasteiger partial charge >= 0.3 is 0 Å².